The summed E-state index contributed by atoms with van der Waals surface area (Å²) in [6.07, 6.45) is 5.75. The van der Waals surface area contributed by atoms with Gasteiger partial charge >= 0.3 is 0 Å². The molecule has 105 heavy (non-hydrogen) atoms. The van der Waals surface area contributed by atoms with E-state index in [1.807, 2.05) is 72.1 Å². The monoisotopic (exact) mass is 1450 g/mol. The smallest absolute Gasteiger partial charge is 0.206 e. The van der Waals surface area contributed by atoms with Crippen molar-refractivity contribution in [2.24, 2.45) is 0 Å². The minimum absolute atomic E-state index is 0.00481. The third-order valence-electron chi connectivity index (χ3n) is 18.1. The topological polar surface area (TPSA) is 271 Å². The number of thiophene rings is 1. The molecule has 0 unspecified atom stereocenters. The molecule has 7 aromatic carbocycles. The maximum Gasteiger partial charge on any atom is 0.206 e. The van der Waals surface area contributed by atoms with Crippen LogP contribution < -0.4 is 29.2 Å². The molecule has 0 atom stereocenters. The summed E-state index contributed by atoms with van der Waals surface area (Å²) >= 11 is 1.38. The zero-order valence-corrected chi connectivity index (χ0v) is 60.0. The zero-order valence-electron chi connectivity index (χ0n) is 59.2. The number of nitrogens with zero attached hydrogens (tertiary/aromatic N) is 6. The fraction of sp³-hybridized carbons (Fsp3) is 0.317. The Bertz CT molecular complexity index is 4290. The Morgan fingerprint density at radius 1 is 0.410 bits per heavy atom. The number of methoxy groups -OCH3 is 1. The molecule has 0 bridgehead atoms. The number of pyridine rings is 1. The van der Waals surface area contributed by atoms with Gasteiger partial charge in [-0.2, -0.15) is 0 Å². The van der Waals surface area contributed by atoms with Crippen molar-refractivity contribution in [3.05, 3.63) is 237 Å². The van der Waals surface area contributed by atoms with Gasteiger partial charge in [0.15, 0.2) is 23.1 Å². The van der Waals surface area contributed by atoms with E-state index in [-0.39, 0.29) is 57.7 Å². The third-order valence-corrected chi connectivity index (χ3v) is 19.0. The molecule has 23 heteroatoms. The number of ketones is 5. The van der Waals surface area contributed by atoms with Gasteiger partial charge in [0.25, 0.3) is 0 Å². The molecule has 0 amide bonds. The van der Waals surface area contributed by atoms with Gasteiger partial charge in [0.1, 0.15) is 34.5 Å². The van der Waals surface area contributed by atoms with Gasteiger partial charge in [-0.15, -0.1) is 11.3 Å². The standard InChI is InChI=1S/C18H19NO4.C18H19NO3.C16H16N2O3.C15H15NO3S.C15H21NO3/c1-22-15-5-2-13(3-6-15)18(21)16-7-4-14(12-17(16)20)19-8-10-23-11-9-19;20-17(12-14-4-2-1-3-5-14)16-7-6-15(13-18(16)21)19-8-10-22-11-9-19;19-15-10-13(18-6-8-21-9-7-18)3-4-14(15)16(20)12-2-1-5-17-11-12;17-13-10-11(16-5-7-19-8-6-16)3-4-12(13)15(18)14-2-1-9-20-14;1-2-3-4-14(17)13-6-5-12(11-15(13)18)16-7-9-19-10-8-16/h2-7,12,20H,8-11H2,1H3;1-7,13,21H,8-12H2;1-5,10-11,19H,6-9H2;1-4,9-10,17H,5-8H2;5-6,11,18H,2-4,7-10H2,1H3. The van der Waals surface area contributed by atoms with E-state index in [4.69, 9.17) is 28.4 Å². The number of unbranched alkanes of at least 4 members (excludes halogenated alkanes) is 1. The van der Waals surface area contributed by atoms with Gasteiger partial charge in [0.05, 0.1) is 106 Å². The van der Waals surface area contributed by atoms with Crippen LogP contribution in [0.1, 0.15) is 99.5 Å². The van der Waals surface area contributed by atoms with Gasteiger partial charge in [-0.25, -0.2) is 0 Å². The Balaban J connectivity index is 0.000000141. The molecule has 0 radical (unpaired) electrons. The summed E-state index contributed by atoms with van der Waals surface area (Å²) in [5, 5.41) is 52.6. The molecule has 550 valence electrons. The predicted octanol–water partition coefficient (Wildman–Crippen LogP) is 12.1. The average Bonchev–Trinajstić information content (AvgIpc) is 1.35. The molecule has 0 saturated carbocycles. The van der Waals surface area contributed by atoms with Crippen molar-refractivity contribution in [3.63, 3.8) is 0 Å². The molecular formula is C82H90N6O16S. The van der Waals surface area contributed by atoms with Crippen molar-refractivity contribution >= 4 is 68.7 Å². The Kier molecular flexibility index (Phi) is 28.8. The van der Waals surface area contributed by atoms with E-state index >= 15 is 0 Å². The lowest BCUT2D eigenvalue weighted by atomic mass is 10.0. The van der Waals surface area contributed by atoms with E-state index in [0.717, 1.165) is 112 Å². The Morgan fingerprint density at radius 2 is 0.781 bits per heavy atom. The number of aromatic hydroxyl groups is 5. The number of morpholine rings is 5. The van der Waals surface area contributed by atoms with Crippen LogP contribution in [0, 0.1) is 0 Å². The number of rotatable bonds is 19. The first-order chi connectivity index (χ1) is 51.2. The molecule has 2 aromatic heterocycles. The number of hydrogen-bond acceptors (Lipinski definition) is 23. The van der Waals surface area contributed by atoms with Gasteiger partial charge in [-0.1, -0.05) is 49.7 Å². The minimum Gasteiger partial charge on any atom is -0.507 e. The van der Waals surface area contributed by atoms with E-state index in [1.54, 1.807) is 116 Å². The van der Waals surface area contributed by atoms with Gasteiger partial charge in [0.2, 0.25) is 5.78 Å². The minimum atomic E-state index is -0.228. The van der Waals surface area contributed by atoms with Crippen LogP contribution in [0.2, 0.25) is 0 Å². The normalized spacial score (nSPS) is 15.0. The second kappa shape index (κ2) is 39.3. The van der Waals surface area contributed by atoms with Crippen LogP contribution in [0.4, 0.5) is 28.4 Å². The maximum atomic E-state index is 12.5. The van der Waals surface area contributed by atoms with Crippen LogP contribution in [0.5, 0.6) is 34.5 Å². The van der Waals surface area contributed by atoms with Crippen molar-refractivity contribution < 1.29 is 77.9 Å². The molecule has 5 aliphatic heterocycles. The quantitative estimate of drug-likeness (QED) is 0.0471. The molecule has 0 aliphatic carbocycles. The Labute approximate surface area is 615 Å². The highest BCUT2D eigenvalue weighted by Gasteiger charge is 2.23. The highest BCUT2D eigenvalue weighted by molar-refractivity contribution is 7.12. The average molecular weight is 1450 g/mol. The number of hydrogen-bond donors (Lipinski definition) is 5. The van der Waals surface area contributed by atoms with Crippen molar-refractivity contribution in [1.82, 2.24) is 4.98 Å². The van der Waals surface area contributed by atoms with Crippen LogP contribution in [0.25, 0.3) is 0 Å². The molecule has 5 saturated heterocycles. The molecule has 9 aromatic rings. The number of carbonyl (C=O) groups excluding carboxylic acids is 5. The van der Waals surface area contributed by atoms with E-state index in [2.05, 4.69) is 36.4 Å². The van der Waals surface area contributed by atoms with E-state index in [1.165, 1.54) is 17.5 Å². The first-order valence-electron chi connectivity index (χ1n) is 35.3. The van der Waals surface area contributed by atoms with Crippen LogP contribution in [-0.4, -0.2) is 198 Å². The van der Waals surface area contributed by atoms with Crippen LogP contribution >= 0.6 is 11.3 Å². The fourth-order valence-corrected chi connectivity index (χ4v) is 12.9. The van der Waals surface area contributed by atoms with E-state index in [0.29, 0.717) is 128 Å². The fourth-order valence-electron chi connectivity index (χ4n) is 12.2. The summed E-state index contributed by atoms with van der Waals surface area (Å²) in [7, 11) is 1.58. The summed E-state index contributed by atoms with van der Waals surface area (Å²) in [6, 6.07) is 49.5. The molecule has 7 heterocycles. The molecule has 5 N–H and O–H groups in total. The van der Waals surface area contributed by atoms with Crippen molar-refractivity contribution in [1.29, 1.82) is 0 Å². The lowest BCUT2D eigenvalue weighted by molar-refractivity contribution is 0.0972. The number of phenolic OH excluding ortho intramolecular Hbond substituents is 5. The van der Waals surface area contributed by atoms with Gasteiger partial charge in [-0.3, -0.25) is 29.0 Å². The lowest BCUT2D eigenvalue weighted by Gasteiger charge is -2.29. The summed E-state index contributed by atoms with van der Waals surface area (Å²) in [5.41, 5.74) is 8.29. The maximum absolute atomic E-state index is 12.5. The molecule has 0 spiro atoms. The Morgan fingerprint density at radius 3 is 1.12 bits per heavy atom. The summed E-state index contributed by atoms with van der Waals surface area (Å²) < 4.78 is 31.6. The summed E-state index contributed by atoms with van der Waals surface area (Å²) in [4.78, 5) is 76.6. The van der Waals surface area contributed by atoms with Gasteiger partial charge in [-0.05, 0) is 120 Å². The second-order valence-electron chi connectivity index (χ2n) is 25.1. The Hall–Kier alpha value is -10.7. The number of benzene rings is 7. The number of anilines is 5. The van der Waals surface area contributed by atoms with Crippen molar-refractivity contribution in [3.8, 4) is 34.5 Å². The molecule has 5 aliphatic rings. The predicted molar refractivity (Wildman–Crippen MR) is 406 cm³/mol. The van der Waals surface area contributed by atoms with Crippen LogP contribution in [0.3, 0.4) is 0 Å². The van der Waals surface area contributed by atoms with Gasteiger partial charge < -0.3 is 78.5 Å². The molecular weight excluding hydrogens is 1360 g/mol. The highest BCUT2D eigenvalue weighted by Crippen LogP contribution is 2.33. The first kappa shape index (κ1) is 77.0. The van der Waals surface area contributed by atoms with Crippen LogP contribution in [-0.2, 0) is 30.1 Å². The van der Waals surface area contributed by atoms with Crippen molar-refractivity contribution in [2.75, 3.05) is 163 Å². The first-order valence-corrected chi connectivity index (χ1v) is 36.1. The van der Waals surface area contributed by atoms with Crippen molar-refractivity contribution in [2.45, 2.75) is 32.6 Å². The molecule has 14 rings (SSSR count). The van der Waals surface area contributed by atoms with E-state index < -0.39 is 0 Å². The number of Topliss-reactive ketones (excluding diaryl/α,β-unsaturated/α-hetero) is 2. The molecule has 22 nitrogen and oxygen atoms in total. The summed E-state index contributed by atoms with van der Waals surface area (Å²) in [5.74, 6) is 0.224. The highest BCUT2D eigenvalue weighted by atomic mass is 32.1. The zero-order chi connectivity index (χ0) is 73.9. The second-order valence-corrected chi connectivity index (χ2v) is 26.0. The lowest BCUT2D eigenvalue weighted by Crippen LogP contribution is -2.36. The number of ether oxygens (including phenoxy) is 6. The SMILES string of the molecule is CCCCC(=O)c1ccc(N2CCOCC2)cc1O.COc1ccc(C(=O)c2ccc(N3CCOCC3)cc2O)cc1.O=C(Cc1ccccc1)c1ccc(N2CCOCC2)cc1O.O=C(c1cccnc1)c1ccc(N2CCOCC2)cc1O.O=C(c1cccs1)c1ccc(N2CCOCC2)cc1O. The number of carbonyl (C=O) groups is 5. The third kappa shape index (κ3) is 21.7. The number of phenols is 5. The van der Waals surface area contributed by atoms with Gasteiger partial charge in [0, 0.05) is 161 Å². The molecule has 5 fully saturated rings. The van der Waals surface area contributed by atoms with E-state index in [9.17, 15) is 49.5 Å². The van der Waals surface area contributed by atoms with Crippen LogP contribution in [0.15, 0.2) is 188 Å². The summed E-state index contributed by atoms with van der Waals surface area (Å²) in [6.45, 7) is 16.9. The largest absolute Gasteiger partial charge is 0.507 e. The number of aromatic nitrogens is 1.